The fraction of sp³-hybridized carbons (Fsp3) is 0. The largest absolute Gasteiger partial charge is 0.436 e. The Bertz CT molecular complexity index is 797. The zero-order valence-corrected chi connectivity index (χ0v) is 11.3. The second-order valence-electron chi connectivity index (χ2n) is 4.05. The number of hydrogen-bond donors (Lipinski definition) is 0. The van der Waals surface area contributed by atoms with Crippen molar-refractivity contribution in [2.45, 2.75) is 0 Å². The molecule has 0 saturated heterocycles. The predicted octanol–water partition coefficient (Wildman–Crippen LogP) is 4.94. The first-order valence-electron chi connectivity index (χ1n) is 5.70. The van der Waals surface area contributed by atoms with Gasteiger partial charge >= 0.3 is 0 Å². The second-order valence-corrected chi connectivity index (χ2v) is 4.78. The van der Waals surface area contributed by atoms with Crippen LogP contribution in [0.5, 0.6) is 0 Å². The smallest absolute Gasteiger partial charge is 0.292 e. The number of aromatic nitrogens is 1. The number of rotatable bonds is 1. The van der Waals surface area contributed by atoms with E-state index in [1.807, 2.05) is 42.5 Å². The molecule has 2 aromatic rings. The Hall–Kier alpha value is -1.77. The van der Waals surface area contributed by atoms with Crippen LogP contribution in [0.2, 0.25) is 10.4 Å². The van der Waals surface area contributed by atoms with Gasteiger partial charge in [-0.25, -0.2) is 0 Å². The van der Waals surface area contributed by atoms with Crippen molar-refractivity contribution < 1.29 is 4.42 Å². The van der Waals surface area contributed by atoms with Gasteiger partial charge in [0.25, 0.3) is 5.35 Å². The highest BCUT2D eigenvalue weighted by Crippen LogP contribution is 2.20. The van der Waals surface area contributed by atoms with Crippen LogP contribution in [-0.2, 0) is 0 Å². The number of nitrogens with zero attached hydrogens (tertiary/aromatic N) is 1. The monoisotopic (exact) mass is 289 g/mol. The van der Waals surface area contributed by atoms with E-state index in [-0.39, 0.29) is 5.35 Å². The van der Waals surface area contributed by atoms with E-state index >= 15 is 0 Å². The lowest BCUT2D eigenvalue weighted by molar-refractivity contribution is 0.560. The van der Waals surface area contributed by atoms with Gasteiger partial charge in [-0.05, 0) is 22.9 Å². The minimum Gasteiger partial charge on any atom is -0.436 e. The van der Waals surface area contributed by atoms with Crippen molar-refractivity contribution in [2.24, 2.45) is 0 Å². The van der Waals surface area contributed by atoms with E-state index in [2.05, 4.69) is 11.1 Å². The summed E-state index contributed by atoms with van der Waals surface area (Å²) in [6, 6.07) is 15.8. The van der Waals surface area contributed by atoms with Crippen molar-refractivity contribution >= 4 is 23.2 Å². The Morgan fingerprint density at radius 3 is 2.11 bits per heavy atom. The lowest BCUT2D eigenvalue weighted by Gasteiger charge is -2.01. The summed E-state index contributed by atoms with van der Waals surface area (Å²) >= 11 is 11.1. The SMILES string of the molecule is Clc1cc2ccc1=2.Clc1nc(-c2ccccc2)co1. The molecule has 4 rings (SSSR count). The molecule has 1 aromatic heterocycles. The molecule has 0 unspecified atom stereocenters. The molecule has 2 aliphatic carbocycles. The maximum Gasteiger partial charge on any atom is 0.292 e. The molecule has 0 aliphatic heterocycles. The van der Waals surface area contributed by atoms with Crippen molar-refractivity contribution in [1.29, 1.82) is 0 Å². The zero-order chi connectivity index (χ0) is 13.2. The van der Waals surface area contributed by atoms with Gasteiger partial charge in [0.2, 0.25) is 0 Å². The molecule has 94 valence electrons. The molecular formula is C15H9Cl2NO. The van der Waals surface area contributed by atoms with Crippen LogP contribution >= 0.6 is 23.2 Å². The van der Waals surface area contributed by atoms with Gasteiger partial charge in [-0.3, -0.25) is 0 Å². The summed E-state index contributed by atoms with van der Waals surface area (Å²) in [6.45, 7) is 0. The average Bonchev–Trinajstić information content (AvgIpc) is 2.84. The molecule has 0 amide bonds. The Morgan fingerprint density at radius 2 is 1.74 bits per heavy atom. The highest BCUT2D eigenvalue weighted by Gasteiger charge is 2.02. The van der Waals surface area contributed by atoms with Gasteiger partial charge in [0.1, 0.15) is 12.0 Å². The Morgan fingerprint density at radius 1 is 0.947 bits per heavy atom. The Kier molecular flexibility index (Phi) is 3.28. The standard InChI is InChI=1S/C9H6ClNO.C6H3Cl/c10-9-11-8(6-12-9)7-4-2-1-3-5-7;7-6-3-4-1-2-5(4)6/h1-6H;1-3H. The van der Waals surface area contributed by atoms with Crippen LogP contribution in [0.1, 0.15) is 0 Å². The Balaban J connectivity index is 0.000000132. The highest BCUT2D eigenvalue weighted by atomic mass is 35.5. The fourth-order valence-electron chi connectivity index (χ4n) is 1.74. The number of oxazole rings is 1. The minimum atomic E-state index is 0.175. The highest BCUT2D eigenvalue weighted by molar-refractivity contribution is 6.31. The molecular weight excluding hydrogens is 281 g/mol. The van der Waals surface area contributed by atoms with Gasteiger partial charge in [0.15, 0.2) is 0 Å². The van der Waals surface area contributed by atoms with E-state index in [1.54, 1.807) is 0 Å². The normalized spacial score (nSPS) is 10.6. The number of hydrogen-bond acceptors (Lipinski definition) is 2. The third-order valence-electron chi connectivity index (χ3n) is 2.83. The molecule has 1 heterocycles. The van der Waals surface area contributed by atoms with Crippen molar-refractivity contribution in [2.75, 3.05) is 0 Å². The first kappa shape index (κ1) is 12.3. The fourth-order valence-corrected chi connectivity index (χ4v) is 2.16. The molecule has 0 N–H and O–H groups in total. The average molecular weight is 290 g/mol. The lowest BCUT2D eigenvalue weighted by Crippen LogP contribution is -1.84. The number of halogens is 2. The summed E-state index contributed by atoms with van der Waals surface area (Å²) in [5.74, 6) is 0. The molecule has 0 bridgehead atoms. The van der Waals surface area contributed by atoms with Crippen molar-refractivity contribution in [3.63, 3.8) is 0 Å². The molecule has 2 aliphatic rings. The van der Waals surface area contributed by atoms with Crippen molar-refractivity contribution in [3.05, 3.63) is 75.6 Å². The minimum absolute atomic E-state index is 0.175. The Labute approximate surface area is 119 Å². The van der Waals surface area contributed by atoms with E-state index < -0.39 is 0 Å². The van der Waals surface area contributed by atoms with Crippen LogP contribution in [0.4, 0.5) is 0 Å². The topological polar surface area (TPSA) is 26.0 Å². The lowest BCUT2D eigenvalue weighted by atomic mass is 10.1. The summed E-state index contributed by atoms with van der Waals surface area (Å²) in [5.41, 5.74) is 1.77. The maximum atomic E-state index is 5.60. The number of benzene rings is 2. The van der Waals surface area contributed by atoms with Gasteiger partial charge in [0.05, 0.1) is 0 Å². The summed E-state index contributed by atoms with van der Waals surface area (Å²) < 4.78 is 4.87. The van der Waals surface area contributed by atoms with Gasteiger partial charge in [-0.2, -0.15) is 4.98 Å². The molecule has 1 aromatic carbocycles. The van der Waals surface area contributed by atoms with Gasteiger partial charge < -0.3 is 4.42 Å². The van der Waals surface area contributed by atoms with E-state index in [0.717, 1.165) is 16.3 Å². The molecule has 0 atom stereocenters. The van der Waals surface area contributed by atoms with E-state index in [4.69, 9.17) is 27.6 Å². The van der Waals surface area contributed by atoms with Gasteiger partial charge in [0, 0.05) is 15.8 Å². The van der Waals surface area contributed by atoms with Crippen molar-refractivity contribution in [1.82, 2.24) is 4.98 Å². The summed E-state index contributed by atoms with van der Waals surface area (Å²) in [5, 5.41) is 3.64. The third-order valence-corrected chi connectivity index (χ3v) is 3.31. The second kappa shape index (κ2) is 5.08. The zero-order valence-electron chi connectivity index (χ0n) is 9.81. The van der Waals surface area contributed by atoms with Crippen LogP contribution < -0.4 is 0 Å². The molecule has 0 saturated carbocycles. The molecule has 0 radical (unpaired) electrons. The summed E-state index contributed by atoms with van der Waals surface area (Å²) in [6.07, 6.45) is 1.54. The molecule has 0 fully saturated rings. The van der Waals surface area contributed by atoms with Crippen LogP contribution in [0.3, 0.4) is 0 Å². The van der Waals surface area contributed by atoms with Crippen LogP contribution in [0.25, 0.3) is 11.3 Å². The first-order valence-corrected chi connectivity index (χ1v) is 6.46. The van der Waals surface area contributed by atoms with Crippen LogP contribution in [0, 0.1) is 10.4 Å². The third kappa shape index (κ3) is 2.50. The summed E-state index contributed by atoms with van der Waals surface area (Å²) in [7, 11) is 0. The van der Waals surface area contributed by atoms with Crippen LogP contribution in [0.15, 0.2) is 59.2 Å². The van der Waals surface area contributed by atoms with Crippen LogP contribution in [-0.4, -0.2) is 4.98 Å². The molecule has 0 spiro atoms. The molecule has 4 heteroatoms. The molecule has 19 heavy (non-hydrogen) atoms. The van der Waals surface area contributed by atoms with E-state index in [9.17, 15) is 0 Å². The predicted molar refractivity (Wildman–Crippen MR) is 76.1 cm³/mol. The maximum absolute atomic E-state index is 5.60. The first-order chi connectivity index (χ1) is 9.24. The quantitative estimate of drug-likeness (QED) is 0.496. The van der Waals surface area contributed by atoms with E-state index in [0.29, 0.717) is 0 Å². The summed E-state index contributed by atoms with van der Waals surface area (Å²) in [4.78, 5) is 3.98. The van der Waals surface area contributed by atoms with E-state index in [1.165, 1.54) is 16.7 Å². The van der Waals surface area contributed by atoms with Gasteiger partial charge in [-0.15, -0.1) is 0 Å². The van der Waals surface area contributed by atoms with Crippen molar-refractivity contribution in [3.8, 4) is 11.3 Å². The van der Waals surface area contributed by atoms with Gasteiger partial charge in [-0.1, -0.05) is 54.1 Å². The molecule has 2 nitrogen and oxygen atoms in total.